The molecular weight excluding hydrogens is 282 g/mol. The number of halogens is 1. The lowest BCUT2D eigenvalue weighted by Gasteiger charge is -2.04. The first-order valence-corrected chi connectivity index (χ1v) is 5.83. The highest BCUT2D eigenvalue weighted by Crippen LogP contribution is 2.12. The Hall–Kier alpha value is -1.75. The summed E-state index contributed by atoms with van der Waals surface area (Å²) in [6.07, 6.45) is 5.28. The molecular formula is C12H10BrN3O. The predicted octanol–water partition coefficient (Wildman–Crippen LogP) is 2.42. The Kier molecular flexibility index (Phi) is 3.82. The average molecular weight is 292 g/mol. The second-order valence-corrected chi connectivity index (χ2v) is 4.36. The molecule has 2 aromatic rings. The molecule has 2 aromatic heterocycles. The Balaban J connectivity index is 1.98. The standard InChI is InChI=1S/C12H10BrN3O/c13-10-3-6-15-11(8-10)16-12(17)7-9-1-4-14-5-2-9/h1-6,8H,7H2,(H,15,16,17). The van der Waals surface area contributed by atoms with Crippen LogP contribution in [0.2, 0.25) is 0 Å². The molecule has 0 aromatic carbocycles. The molecule has 17 heavy (non-hydrogen) atoms. The molecule has 0 aliphatic carbocycles. The first kappa shape index (κ1) is 11.7. The highest BCUT2D eigenvalue weighted by molar-refractivity contribution is 9.10. The van der Waals surface area contributed by atoms with E-state index in [1.54, 1.807) is 30.7 Å². The van der Waals surface area contributed by atoms with E-state index >= 15 is 0 Å². The van der Waals surface area contributed by atoms with Gasteiger partial charge in [-0.15, -0.1) is 0 Å². The summed E-state index contributed by atoms with van der Waals surface area (Å²) < 4.78 is 0.881. The summed E-state index contributed by atoms with van der Waals surface area (Å²) in [6, 6.07) is 7.19. The number of carbonyl (C=O) groups excluding carboxylic acids is 1. The van der Waals surface area contributed by atoms with Crippen LogP contribution in [0, 0.1) is 0 Å². The van der Waals surface area contributed by atoms with Crippen LogP contribution in [0.3, 0.4) is 0 Å². The smallest absolute Gasteiger partial charge is 0.229 e. The van der Waals surface area contributed by atoms with E-state index in [-0.39, 0.29) is 5.91 Å². The fourth-order valence-electron chi connectivity index (χ4n) is 1.35. The van der Waals surface area contributed by atoms with Crippen molar-refractivity contribution in [3.63, 3.8) is 0 Å². The third-order valence-corrected chi connectivity index (χ3v) is 2.60. The van der Waals surface area contributed by atoms with Gasteiger partial charge in [-0.1, -0.05) is 15.9 Å². The van der Waals surface area contributed by atoms with E-state index in [1.165, 1.54) is 0 Å². The zero-order valence-corrected chi connectivity index (χ0v) is 10.5. The third-order valence-electron chi connectivity index (χ3n) is 2.10. The minimum absolute atomic E-state index is 0.0956. The first-order valence-electron chi connectivity index (χ1n) is 5.04. The first-order chi connectivity index (χ1) is 8.24. The van der Waals surface area contributed by atoms with E-state index < -0.39 is 0 Å². The van der Waals surface area contributed by atoms with Gasteiger partial charge in [0.25, 0.3) is 0 Å². The minimum Gasteiger partial charge on any atom is -0.310 e. The maximum atomic E-state index is 11.7. The van der Waals surface area contributed by atoms with Gasteiger partial charge in [0, 0.05) is 23.1 Å². The molecule has 1 N–H and O–H groups in total. The van der Waals surface area contributed by atoms with E-state index in [4.69, 9.17) is 0 Å². The molecule has 0 radical (unpaired) electrons. The van der Waals surface area contributed by atoms with Crippen LogP contribution in [0.25, 0.3) is 0 Å². The molecule has 1 amide bonds. The lowest BCUT2D eigenvalue weighted by molar-refractivity contribution is -0.115. The van der Waals surface area contributed by atoms with Gasteiger partial charge in [-0.25, -0.2) is 4.98 Å². The van der Waals surface area contributed by atoms with E-state index in [0.717, 1.165) is 10.0 Å². The lowest BCUT2D eigenvalue weighted by atomic mass is 10.2. The maximum Gasteiger partial charge on any atom is 0.229 e. The summed E-state index contributed by atoms with van der Waals surface area (Å²) in [6.45, 7) is 0. The molecule has 2 rings (SSSR count). The molecule has 86 valence electrons. The van der Waals surface area contributed by atoms with E-state index in [0.29, 0.717) is 12.2 Å². The monoisotopic (exact) mass is 291 g/mol. The molecule has 0 aliphatic rings. The maximum absolute atomic E-state index is 11.7. The number of aromatic nitrogens is 2. The Morgan fingerprint density at radius 1 is 1.24 bits per heavy atom. The second kappa shape index (κ2) is 5.54. The van der Waals surface area contributed by atoms with Crippen LogP contribution in [0.15, 0.2) is 47.3 Å². The van der Waals surface area contributed by atoms with E-state index in [2.05, 4.69) is 31.2 Å². The number of pyridine rings is 2. The number of hydrogen-bond acceptors (Lipinski definition) is 3. The minimum atomic E-state index is -0.0956. The normalized spacial score (nSPS) is 9.94. The lowest BCUT2D eigenvalue weighted by Crippen LogP contribution is -2.15. The molecule has 2 heterocycles. The fraction of sp³-hybridized carbons (Fsp3) is 0.0833. The van der Waals surface area contributed by atoms with Crippen molar-refractivity contribution < 1.29 is 4.79 Å². The van der Waals surface area contributed by atoms with Crippen LogP contribution in [0.5, 0.6) is 0 Å². The van der Waals surface area contributed by atoms with Crippen LogP contribution >= 0.6 is 15.9 Å². The average Bonchev–Trinajstić information content (AvgIpc) is 2.30. The summed E-state index contributed by atoms with van der Waals surface area (Å²) in [5.74, 6) is 0.445. The van der Waals surface area contributed by atoms with Crippen molar-refractivity contribution in [2.75, 3.05) is 5.32 Å². The van der Waals surface area contributed by atoms with Crippen LogP contribution in [0.1, 0.15) is 5.56 Å². The van der Waals surface area contributed by atoms with Gasteiger partial charge in [0.2, 0.25) is 5.91 Å². The SMILES string of the molecule is O=C(Cc1ccncc1)Nc1cc(Br)ccn1. The second-order valence-electron chi connectivity index (χ2n) is 3.44. The summed E-state index contributed by atoms with van der Waals surface area (Å²) in [5.41, 5.74) is 0.924. The zero-order chi connectivity index (χ0) is 12.1. The Bertz CT molecular complexity index is 516. The van der Waals surface area contributed by atoms with Gasteiger partial charge < -0.3 is 5.32 Å². The third kappa shape index (κ3) is 3.64. The van der Waals surface area contributed by atoms with Crippen LogP contribution in [0.4, 0.5) is 5.82 Å². The Morgan fingerprint density at radius 2 is 2.00 bits per heavy atom. The largest absolute Gasteiger partial charge is 0.310 e. The summed E-state index contributed by atoms with van der Waals surface area (Å²) >= 11 is 3.32. The number of rotatable bonds is 3. The molecule has 0 spiro atoms. The number of anilines is 1. The van der Waals surface area contributed by atoms with Gasteiger partial charge in [0.05, 0.1) is 6.42 Å². The summed E-state index contributed by atoms with van der Waals surface area (Å²) in [5, 5.41) is 2.73. The number of amides is 1. The van der Waals surface area contributed by atoms with E-state index in [1.807, 2.05) is 12.1 Å². The topological polar surface area (TPSA) is 54.9 Å². The summed E-state index contributed by atoms with van der Waals surface area (Å²) in [4.78, 5) is 19.7. The molecule has 0 unspecified atom stereocenters. The predicted molar refractivity (Wildman–Crippen MR) is 68.5 cm³/mol. The van der Waals surface area contributed by atoms with Crippen molar-refractivity contribution >= 4 is 27.7 Å². The highest BCUT2D eigenvalue weighted by Gasteiger charge is 2.04. The molecule has 0 aliphatic heterocycles. The van der Waals surface area contributed by atoms with Crippen LogP contribution in [-0.4, -0.2) is 15.9 Å². The van der Waals surface area contributed by atoms with Crippen molar-refractivity contribution in [3.8, 4) is 0 Å². The summed E-state index contributed by atoms with van der Waals surface area (Å²) in [7, 11) is 0. The van der Waals surface area contributed by atoms with Crippen LogP contribution < -0.4 is 5.32 Å². The number of hydrogen-bond donors (Lipinski definition) is 1. The van der Waals surface area contributed by atoms with Gasteiger partial charge in [-0.2, -0.15) is 0 Å². The Morgan fingerprint density at radius 3 is 2.71 bits per heavy atom. The fourth-order valence-corrected chi connectivity index (χ4v) is 1.68. The molecule has 4 nitrogen and oxygen atoms in total. The molecule has 5 heteroatoms. The van der Waals surface area contributed by atoms with Crippen molar-refractivity contribution in [1.29, 1.82) is 0 Å². The van der Waals surface area contributed by atoms with Crippen molar-refractivity contribution in [1.82, 2.24) is 9.97 Å². The van der Waals surface area contributed by atoms with Crippen molar-refractivity contribution in [2.45, 2.75) is 6.42 Å². The van der Waals surface area contributed by atoms with Gasteiger partial charge >= 0.3 is 0 Å². The highest BCUT2D eigenvalue weighted by atomic mass is 79.9. The zero-order valence-electron chi connectivity index (χ0n) is 8.93. The van der Waals surface area contributed by atoms with Crippen LogP contribution in [-0.2, 0) is 11.2 Å². The quantitative estimate of drug-likeness (QED) is 0.945. The molecule has 0 saturated carbocycles. The number of nitrogens with one attached hydrogen (secondary N) is 1. The van der Waals surface area contributed by atoms with Gasteiger partial charge in [-0.3, -0.25) is 9.78 Å². The van der Waals surface area contributed by atoms with Crippen molar-refractivity contribution in [2.24, 2.45) is 0 Å². The molecule has 0 bridgehead atoms. The Labute approximate surface area is 107 Å². The van der Waals surface area contributed by atoms with E-state index in [9.17, 15) is 4.79 Å². The molecule has 0 fully saturated rings. The van der Waals surface area contributed by atoms with Crippen molar-refractivity contribution in [3.05, 3.63) is 52.9 Å². The van der Waals surface area contributed by atoms with Gasteiger partial charge in [0.15, 0.2) is 0 Å². The number of nitrogens with zero attached hydrogens (tertiary/aromatic N) is 2. The molecule has 0 atom stereocenters. The number of carbonyl (C=O) groups is 1. The molecule has 0 saturated heterocycles. The van der Waals surface area contributed by atoms with Gasteiger partial charge in [0.1, 0.15) is 5.82 Å². The van der Waals surface area contributed by atoms with Gasteiger partial charge in [-0.05, 0) is 29.8 Å².